The molecule has 2 aliphatic rings. The van der Waals surface area contributed by atoms with Crippen molar-refractivity contribution in [1.82, 2.24) is 0 Å². The maximum Gasteiger partial charge on any atom is 0.194 e. The number of allylic oxidation sites excluding steroid dienone is 1. The Labute approximate surface area is 182 Å². The van der Waals surface area contributed by atoms with Crippen molar-refractivity contribution in [3.8, 4) is 11.5 Å². The Kier molecular flexibility index (Phi) is 5.45. The lowest BCUT2D eigenvalue weighted by atomic mass is 9.90. The van der Waals surface area contributed by atoms with E-state index in [2.05, 4.69) is 16.4 Å². The molecule has 1 atom stereocenters. The van der Waals surface area contributed by atoms with Gasteiger partial charge in [-0.2, -0.15) is 0 Å². The summed E-state index contributed by atoms with van der Waals surface area (Å²) in [4.78, 5) is 20.2. The highest BCUT2D eigenvalue weighted by Gasteiger charge is 2.52. The fraction of sp³-hybridized carbons (Fsp3) is 0.333. The number of nitrogens with one attached hydrogen (secondary N) is 1. The molecule has 0 aromatic heterocycles. The second-order valence-corrected chi connectivity index (χ2v) is 7.84. The number of hydrogen-bond acceptors (Lipinski definition) is 6. The second kappa shape index (κ2) is 8.07. The summed E-state index contributed by atoms with van der Waals surface area (Å²) in [6.07, 6.45) is 0.884. The van der Waals surface area contributed by atoms with Crippen LogP contribution in [0.2, 0.25) is 0 Å². The van der Waals surface area contributed by atoms with Gasteiger partial charge in [-0.15, -0.1) is 0 Å². The summed E-state index contributed by atoms with van der Waals surface area (Å²) < 4.78 is 10.9. The minimum Gasteiger partial charge on any atom is -0.497 e. The van der Waals surface area contributed by atoms with E-state index in [1.807, 2.05) is 42.2 Å². The number of carbonyl (C=O) groups is 1. The molecule has 2 N–H and O–H groups in total. The van der Waals surface area contributed by atoms with Crippen LogP contribution < -0.4 is 19.7 Å². The number of Topliss-reactive ketones (excluding diaryl/α,β-unsaturated/α-hetero) is 1. The lowest BCUT2D eigenvalue weighted by Gasteiger charge is -2.34. The first-order valence-corrected chi connectivity index (χ1v) is 10.2. The molecule has 1 saturated heterocycles. The first-order chi connectivity index (χ1) is 15.0. The van der Waals surface area contributed by atoms with Crippen molar-refractivity contribution in [2.45, 2.75) is 25.3 Å². The van der Waals surface area contributed by atoms with Gasteiger partial charge in [0.15, 0.2) is 5.78 Å². The number of methoxy groups -OCH3 is 2. The zero-order valence-electron chi connectivity index (χ0n) is 18.2. The molecule has 4 rings (SSSR count). The fourth-order valence-electron chi connectivity index (χ4n) is 4.42. The highest BCUT2D eigenvalue weighted by molar-refractivity contribution is 6.37. The van der Waals surface area contributed by atoms with Crippen molar-refractivity contribution in [2.75, 3.05) is 38.1 Å². The van der Waals surface area contributed by atoms with Crippen molar-refractivity contribution in [1.29, 1.82) is 0 Å². The number of nitrogens with zero attached hydrogens (tertiary/aromatic N) is 2. The third-order valence-corrected chi connectivity index (χ3v) is 6.02. The summed E-state index contributed by atoms with van der Waals surface area (Å²) in [7, 11) is 4.85. The van der Waals surface area contributed by atoms with Crippen molar-refractivity contribution < 1.29 is 19.4 Å². The van der Waals surface area contributed by atoms with E-state index < -0.39 is 5.54 Å². The van der Waals surface area contributed by atoms with Crippen LogP contribution in [0.1, 0.15) is 18.9 Å². The number of aliphatic imine (C=N–C) groups is 1. The SMILES string of the molecule is CN=C1C(=C2Cc3ccccc3N2)C(=O)[C@](C)(CCO)N1c1cc(OC)cc(OC)c1. The summed E-state index contributed by atoms with van der Waals surface area (Å²) >= 11 is 0. The van der Waals surface area contributed by atoms with Gasteiger partial charge in [0.05, 0.1) is 25.5 Å². The molecule has 0 bridgehead atoms. The van der Waals surface area contributed by atoms with Crippen molar-refractivity contribution >= 4 is 23.0 Å². The average molecular weight is 421 g/mol. The molecule has 2 aliphatic heterocycles. The summed E-state index contributed by atoms with van der Waals surface area (Å²) in [5.74, 6) is 1.71. The van der Waals surface area contributed by atoms with E-state index in [0.717, 1.165) is 16.9 Å². The molecule has 162 valence electrons. The van der Waals surface area contributed by atoms with E-state index in [-0.39, 0.29) is 18.8 Å². The molecule has 2 heterocycles. The van der Waals surface area contributed by atoms with Gasteiger partial charge in [-0.3, -0.25) is 9.79 Å². The van der Waals surface area contributed by atoms with Gasteiger partial charge in [0.2, 0.25) is 0 Å². The number of rotatable bonds is 5. The lowest BCUT2D eigenvalue weighted by molar-refractivity contribution is -0.119. The Hall–Kier alpha value is -3.32. The number of amidine groups is 1. The van der Waals surface area contributed by atoms with Crippen LogP contribution in [-0.4, -0.2) is 50.1 Å². The van der Waals surface area contributed by atoms with E-state index >= 15 is 0 Å². The van der Waals surface area contributed by atoms with Crippen LogP contribution in [0.5, 0.6) is 11.5 Å². The number of aliphatic hydroxyl groups excluding tert-OH is 1. The number of anilines is 2. The van der Waals surface area contributed by atoms with Crippen molar-refractivity contribution in [3.05, 3.63) is 59.3 Å². The number of hydrogen-bond donors (Lipinski definition) is 2. The number of aliphatic hydroxyl groups is 1. The minimum absolute atomic E-state index is 0.0701. The number of fused-ring (bicyclic) bond motifs is 1. The van der Waals surface area contributed by atoms with E-state index in [9.17, 15) is 9.90 Å². The number of para-hydroxylation sites is 1. The first-order valence-electron chi connectivity index (χ1n) is 10.2. The van der Waals surface area contributed by atoms with E-state index in [1.54, 1.807) is 27.3 Å². The standard InChI is InChI=1S/C24H27N3O4/c1-24(9-10-28)22(29)21(20-11-15-7-5-6-8-19(15)26-20)23(25-2)27(24)16-12-17(30-3)14-18(13-16)31-4/h5-8,12-14,26,28H,9-11H2,1-4H3/t24-/m0/s1. The predicted molar refractivity (Wildman–Crippen MR) is 121 cm³/mol. The van der Waals surface area contributed by atoms with Crippen molar-refractivity contribution in [3.63, 3.8) is 0 Å². The summed E-state index contributed by atoms with van der Waals surface area (Å²) in [5.41, 5.74) is 3.23. The molecular weight excluding hydrogens is 394 g/mol. The number of ketones is 1. The van der Waals surface area contributed by atoms with Crippen LogP contribution in [0.4, 0.5) is 11.4 Å². The van der Waals surface area contributed by atoms with Gasteiger partial charge in [0.1, 0.15) is 22.9 Å². The summed E-state index contributed by atoms with van der Waals surface area (Å²) in [6.45, 7) is 1.71. The van der Waals surface area contributed by atoms with E-state index in [1.165, 1.54) is 0 Å². The van der Waals surface area contributed by atoms with Gasteiger partial charge in [0, 0.05) is 56.1 Å². The van der Waals surface area contributed by atoms with Gasteiger partial charge < -0.3 is 24.8 Å². The average Bonchev–Trinajstić information content (AvgIpc) is 3.30. The Morgan fingerprint density at radius 1 is 1.16 bits per heavy atom. The van der Waals surface area contributed by atoms with Crippen molar-refractivity contribution in [2.24, 2.45) is 4.99 Å². The molecule has 0 radical (unpaired) electrons. The van der Waals surface area contributed by atoms with E-state index in [4.69, 9.17) is 9.47 Å². The van der Waals surface area contributed by atoms with Crippen LogP contribution in [0.15, 0.2) is 58.7 Å². The maximum absolute atomic E-state index is 13.8. The number of carbonyl (C=O) groups excluding carboxylic acids is 1. The number of ether oxygens (including phenoxy) is 2. The van der Waals surface area contributed by atoms with Crippen LogP contribution in [0, 0.1) is 0 Å². The monoisotopic (exact) mass is 421 g/mol. The Balaban J connectivity index is 1.89. The topological polar surface area (TPSA) is 83.4 Å². The van der Waals surface area contributed by atoms with Gasteiger partial charge in [-0.25, -0.2) is 0 Å². The van der Waals surface area contributed by atoms with E-state index in [0.29, 0.717) is 35.0 Å². The Bertz CT molecular complexity index is 1040. The van der Waals surface area contributed by atoms with Crippen LogP contribution in [0.25, 0.3) is 0 Å². The highest BCUT2D eigenvalue weighted by atomic mass is 16.5. The molecule has 2 aromatic carbocycles. The Morgan fingerprint density at radius 2 is 1.84 bits per heavy atom. The molecule has 0 saturated carbocycles. The molecular formula is C24H27N3O4. The lowest BCUT2D eigenvalue weighted by Crippen LogP contribution is -2.48. The minimum atomic E-state index is -1.00. The molecule has 0 unspecified atom stereocenters. The molecule has 31 heavy (non-hydrogen) atoms. The molecule has 1 fully saturated rings. The normalized spacial score (nSPS) is 23.8. The highest BCUT2D eigenvalue weighted by Crippen LogP contribution is 2.43. The summed E-state index contributed by atoms with van der Waals surface area (Å²) in [5, 5.41) is 13.2. The van der Waals surface area contributed by atoms with Crippen LogP contribution >= 0.6 is 0 Å². The first kappa shape index (κ1) is 20.9. The fourth-order valence-corrected chi connectivity index (χ4v) is 4.42. The van der Waals surface area contributed by atoms with Gasteiger partial charge in [0.25, 0.3) is 0 Å². The van der Waals surface area contributed by atoms with Gasteiger partial charge in [-0.05, 0) is 18.6 Å². The maximum atomic E-state index is 13.8. The molecule has 0 aliphatic carbocycles. The van der Waals surface area contributed by atoms with Gasteiger partial charge >= 0.3 is 0 Å². The second-order valence-electron chi connectivity index (χ2n) is 7.84. The predicted octanol–water partition coefficient (Wildman–Crippen LogP) is 3.18. The molecule has 7 nitrogen and oxygen atoms in total. The molecule has 7 heteroatoms. The van der Waals surface area contributed by atoms with Crippen LogP contribution in [-0.2, 0) is 11.2 Å². The number of benzene rings is 2. The quantitative estimate of drug-likeness (QED) is 0.722. The molecule has 0 amide bonds. The smallest absolute Gasteiger partial charge is 0.194 e. The van der Waals surface area contributed by atoms with Gasteiger partial charge in [-0.1, -0.05) is 18.2 Å². The zero-order valence-corrected chi connectivity index (χ0v) is 18.2. The molecule has 2 aromatic rings. The third-order valence-electron chi connectivity index (χ3n) is 6.02. The third kappa shape index (κ3) is 3.35. The Morgan fingerprint density at radius 3 is 2.42 bits per heavy atom. The largest absolute Gasteiger partial charge is 0.497 e. The van der Waals surface area contributed by atoms with Crippen LogP contribution in [0.3, 0.4) is 0 Å². The zero-order chi connectivity index (χ0) is 22.2. The molecule has 0 spiro atoms. The summed E-state index contributed by atoms with van der Waals surface area (Å²) in [6, 6.07) is 13.5.